The molecule has 0 bridgehead atoms. The van der Waals surface area contributed by atoms with E-state index in [1.165, 1.54) is 11.3 Å². The Bertz CT molecular complexity index is 472. The lowest BCUT2D eigenvalue weighted by Crippen LogP contribution is -2.03. The summed E-state index contributed by atoms with van der Waals surface area (Å²) in [5, 5.41) is 0. The van der Waals surface area contributed by atoms with Gasteiger partial charge >= 0.3 is 4.87 Å². The van der Waals surface area contributed by atoms with Crippen molar-refractivity contribution in [2.45, 2.75) is 6.42 Å². The van der Waals surface area contributed by atoms with Crippen LogP contribution < -0.4 is 10.6 Å². The molecule has 0 saturated carbocycles. The number of hydrogen-bond donors (Lipinski definition) is 2. The SMILES string of the molecule is NCCc1cccc2sc(=O)[nH]c12. The van der Waals surface area contributed by atoms with Gasteiger partial charge in [0.25, 0.3) is 0 Å². The van der Waals surface area contributed by atoms with Gasteiger partial charge in [-0.05, 0) is 24.6 Å². The van der Waals surface area contributed by atoms with Crippen molar-refractivity contribution < 1.29 is 0 Å². The van der Waals surface area contributed by atoms with Crippen LogP contribution in [0, 0.1) is 0 Å². The monoisotopic (exact) mass is 194 g/mol. The number of para-hydroxylation sites is 1. The topological polar surface area (TPSA) is 58.9 Å². The average Bonchev–Trinajstić information content (AvgIpc) is 2.47. The zero-order chi connectivity index (χ0) is 9.26. The van der Waals surface area contributed by atoms with Gasteiger partial charge in [0.15, 0.2) is 0 Å². The van der Waals surface area contributed by atoms with Crippen LogP contribution in [-0.2, 0) is 6.42 Å². The fourth-order valence-electron chi connectivity index (χ4n) is 1.39. The summed E-state index contributed by atoms with van der Waals surface area (Å²) in [7, 11) is 0. The lowest BCUT2D eigenvalue weighted by atomic mass is 10.1. The summed E-state index contributed by atoms with van der Waals surface area (Å²) in [6.45, 7) is 0.608. The minimum Gasteiger partial charge on any atom is -0.330 e. The molecule has 13 heavy (non-hydrogen) atoms. The first kappa shape index (κ1) is 8.47. The molecule has 1 aromatic heterocycles. The molecule has 0 saturated heterocycles. The molecule has 0 fully saturated rings. The van der Waals surface area contributed by atoms with E-state index in [0.29, 0.717) is 6.54 Å². The molecule has 3 N–H and O–H groups in total. The van der Waals surface area contributed by atoms with Gasteiger partial charge in [-0.15, -0.1) is 0 Å². The largest absolute Gasteiger partial charge is 0.330 e. The Labute approximate surface area is 79.2 Å². The van der Waals surface area contributed by atoms with Gasteiger partial charge in [0.1, 0.15) is 0 Å². The summed E-state index contributed by atoms with van der Waals surface area (Å²) in [6, 6.07) is 5.90. The van der Waals surface area contributed by atoms with Gasteiger partial charge in [0.2, 0.25) is 0 Å². The van der Waals surface area contributed by atoms with E-state index in [0.717, 1.165) is 22.2 Å². The van der Waals surface area contributed by atoms with E-state index in [2.05, 4.69) is 4.98 Å². The van der Waals surface area contributed by atoms with Crippen LogP contribution >= 0.6 is 11.3 Å². The fraction of sp³-hybridized carbons (Fsp3) is 0.222. The second-order valence-corrected chi connectivity index (χ2v) is 3.86. The number of nitrogens with two attached hydrogens (primary N) is 1. The van der Waals surface area contributed by atoms with Crippen LogP contribution in [-0.4, -0.2) is 11.5 Å². The summed E-state index contributed by atoms with van der Waals surface area (Å²) < 4.78 is 1.01. The van der Waals surface area contributed by atoms with E-state index < -0.39 is 0 Å². The fourth-order valence-corrected chi connectivity index (χ4v) is 2.18. The Morgan fingerprint density at radius 1 is 1.46 bits per heavy atom. The number of benzene rings is 1. The predicted octanol–water partition coefficient (Wildman–Crippen LogP) is 1.09. The molecule has 0 spiro atoms. The van der Waals surface area contributed by atoms with Crippen LogP contribution in [0.5, 0.6) is 0 Å². The van der Waals surface area contributed by atoms with Crippen molar-refractivity contribution in [3.05, 3.63) is 33.4 Å². The molecule has 3 nitrogen and oxygen atoms in total. The molecule has 4 heteroatoms. The number of nitrogens with one attached hydrogen (secondary N) is 1. The van der Waals surface area contributed by atoms with Crippen molar-refractivity contribution in [1.82, 2.24) is 4.98 Å². The van der Waals surface area contributed by atoms with Gasteiger partial charge in [-0.25, -0.2) is 0 Å². The summed E-state index contributed by atoms with van der Waals surface area (Å²) in [5.74, 6) is 0. The average molecular weight is 194 g/mol. The van der Waals surface area contributed by atoms with Gasteiger partial charge in [0, 0.05) is 0 Å². The molecule has 2 rings (SSSR count). The minimum absolute atomic E-state index is 0.000489. The Hall–Kier alpha value is -1.13. The van der Waals surface area contributed by atoms with Crippen LogP contribution in [0.25, 0.3) is 10.2 Å². The molecular formula is C9H10N2OS. The first-order valence-corrected chi connectivity index (χ1v) is 4.93. The maximum atomic E-state index is 11.1. The van der Waals surface area contributed by atoms with E-state index in [9.17, 15) is 4.79 Å². The lowest BCUT2D eigenvalue weighted by molar-refractivity contribution is 0.974. The van der Waals surface area contributed by atoms with Crippen LogP contribution in [0.1, 0.15) is 5.56 Å². The normalized spacial score (nSPS) is 10.8. The molecule has 0 aliphatic rings. The highest BCUT2D eigenvalue weighted by molar-refractivity contribution is 7.16. The molecule has 0 unspecified atom stereocenters. The molecule has 0 aliphatic carbocycles. The summed E-state index contributed by atoms with van der Waals surface area (Å²) in [6.07, 6.45) is 0.810. The molecule has 2 aromatic rings. The Morgan fingerprint density at radius 3 is 3.08 bits per heavy atom. The third-order valence-corrected chi connectivity index (χ3v) is 2.80. The van der Waals surface area contributed by atoms with Gasteiger partial charge in [0.05, 0.1) is 10.2 Å². The molecule has 1 aromatic carbocycles. The third kappa shape index (κ3) is 1.50. The standard InChI is InChI=1S/C9H10N2OS/c10-5-4-6-2-1-3-7-8(6)11-9(12)13-7/h1-3H,4-5,10H2,(H,11,12). The van der Waals surface area contributed by atoms with E-state index in [4.69, 9.17) is 5.73 Å². The van der Waals surface area contributed by atoms with Crippen LogP contribution in [0.3, 0.4) is 0 Å². The van der Waals surface area contributed by atoms with Gasteiger partial charge in [-0.1, -0.05) is 23.5 Å². The Morgan fingerprint density at radius 2 is 2.31 bits per heavy atom. The third-order valence-electron chi connectivity index (χ3n) is 1.96. The highest BCUT2D eigenvalue weighted by atomic mass is 32.1. The maximum Gasteiger partial charge on any atom is 0.305 e. The number of thiazole rings is 1. The van der Waals surface area contributed by atoms with Crippen molar-refractivity contribution in [3.63, 3.8) is 0 Å². The molecule has 0 radical (unpaired) electrons. The number of H-pyrrole nitrogens is 1. The Balaban J connectivity index is 2.67. The predicted molar refractivity (Wildman–Crippen MR) is 55.2 cm³/mol. The summed E-state index contributed by atoms with van der Waals surface area (Å²) in [5.41, 5.74) is 7.54. The second kappa shape index (κ2) is 3.32. The molecular weight excluding hydrogens is 184 g/mol. The lowest BCUT2D eigenvalue weighted by Gasteiger charge is -1.98. The summed E-state index contributed by atoms with van der Waals surface area (Å²) in [4.78, 5) is 13.9. The molecule has 0 aliphatic heterocycles. The van der Waals surface area contributed by atoms with E-state index >= 15 is 0 Å². The van der Waals surface area contributed by atoms with E-state index in [1.54, 1.807) is 0 Å². The van der Waals surface area contributed by atoms with Crippen LogP contribution in [0.2, 0.25) is 0 Å². The van der Waals surface area contributed by atoms with Gasteiger partial charge in [-0.3, -0.25) is 4.79 Å². The molecule has 1 heterocycles. The number of aromatic nitrogens is 1. The van der Waals surface area contributed by atoms with E-state index in [1.807, 2.05) is 18.2 Å². The zero-order valence-corrected chi connectivity index (χ0v) is 7.86. The molecule has 0 amide bonds. The van der Waals surface area contributed by atoms with Crippen molar-refractivity contribution in [3.8, 4) is 0 Å². The van der Waals surface area contributed by atoms with Crippen molar-refractivity contribution >= 4 is 21.6 Å². The van der Waals surface area contributed by atoms with Crippen LogP contribution in [0.4, 0.5) is 0 Å². The van der Waals surface area contributed by atoms with E-state index in [-0.39, 0.29) is 4.87 Å². The summed E-state index contributed by atoms with van der Waals surface area (Å²) >= 11 is 1.24. The molecule has 0 atom stereocenters. The van der Waals surface area contributed by atoms with Gasteiger partial charge in [-0.2, -0.15) is 0 Å². The smallest absolute Gasteiger partial charge is 0.305 e. The highest BCUT2D eigenvalue weighted by Gasteiger charge is 2.02. The van der Waals surface area contributed by atoms with Crippen molar-refractivity contribution in [2.75, 3.05) is 6.54 Å². The Kier molecular flexibility index (Phi) is 2.16. The first-order valence-electron chi connectivity index (χ1n) is 4.12. The van der Waals surface area contributed by atoms with Crippen molar-refractivity contribution in [2.24, 2.45) is 5.73 Å². The minimum atomic E-state index is -0.000489. The quantitative estimate of drug-likeness (QED) is 0.751. The van der Waals surface area contributed by atoms with Crippen LogP contribution in [0.15, 0.2) is 23.0 Å². The first-order chi connectivity index (χ1) is 6.31. The zero-order valence-electron chi connectivity index (χ0n) is 7.04. The maximum absolute atomic E-state index is 11.1. The number of hydrogen-bond acceptors (Lipinski definition) is 3. The van der Waals surface area contributed by atoms with Gasteiger partial charge < -0.3 is 10.7 Å². The highest BCUT2D eigenvalue weighted by Crippen LogP contribution is 2.18. The number of aromatic amines is 1. The number of fused-ring (bicyclic) bond motifs is 1. The molecule has 68 valence electrons. The number of rotatable bonds is 2. The second-order valence-electron chi connectivity index (χ2n) is 2.84. The van der Waals surface area contributed by atoms with Crippen molar-refractivity contribution in [1.29, 1.82) is 0 Å².